The molecule has 1 aromatic heterocycles. The molecule has 4 nitrogen and oxygen atoms in total. The predicted molar refractivity (Wildman–Crippen MR) is 44.8 cm³/mol. The standard InChI is InChI=1S/C8H7FN2O2/c1-6(11(12)13)4-8-3-2-7(9)5-10-8/h2-5H,1H3/b6-4-. The van der Waals surface area contributed by atoms with Gasteiger partial charge in [-0.05, 0) is 12.1 Å². The molecule has 5 heteroatoms. The fraction of sp³-hybridized carbons (Fsp3) is 0.125. The highest BCUT2D eigenvalue weighted by atomic mass is 19.1. The van der Waals surface area contributed by atoms with E-state index in [1.54, 1.807) is 0 Å². The lowest BCUT2D eigenvalue weighted by Crippen LogP contribution is -1.93. The van der Waals surface area contributed by atoms with Crippen LogP contribution in [0.4, 0.5) is 4.39 Å². The zero-order chi connectivity index (χ0) is 9.84. The van der Waals surface area contributed by atoms with E-state index >= 15 is 0 Å². The number of nitro groups is 1. The molecule has 0 bridgehead atoms. The second kappa shape index (κ2) is 3.75. The molecule has 0 aliphatic rings. The fourth-order valence-electron chi connectivity index (χ4n) is 0.739. The van der Waals surface area contributed by atoms with Crippen molar-refractivity contribution < 1.29 is 9.31 Å². The molecular weight excluding hydrogens is 175 g/mol. The maximum Gasteiger partial charge on any atom is 0.245 e. The molecule has 1 rings (SSSR count). The van der Waals surface area contributed by atoms with E-state index in [0.717, 1.165) is 6.20 Å². The van der Waals surface area contributed by atoms with Gasteiger partial charge in [-0.1, -0.05) is 0 Å². The average Bonchev–Trinajstić information content (AvgIpc) is 2.08. The molecule has 0 spiro atoms. The molecule has 0 N–H and O–H groups in total. The molecule has 0 saturated carbocycles. The molecule has 0 aliphatic heterocycles. The van der Waals surface area contributed by atoms with Gasteiger partial charge in [-0.15, -0.1) is 0 Å². The summed E-state index contributed by atoms with van der Waals surface area (Å²) >= 11 is 0. The Morgan fingerprint density at radius 3 is 2.85 bits per heavy atom. The molecule has 13 heavy (non-hydrogen) atoms. The van der Waals surface area contributed by atoms with Crippen LogP contribution in [-0.4, -0.2) is 9.91 Å². The minimum Gasteiger partial charge on any atom is -0.259 e. The Labute approximate surface area is 73.9 Å². The molecule has 0 aliphatic carbocycles. The van der Waals surface area contributed by atoms with Crippen LogP contribution < -0.4 is 0 Å². The largest absolute Gasteiger partial charge is 0.259 e. The summed E-state index contributed by atoms with van der Waals surface area (Å²) in [6.07, 6.45) is 2.29. The minimum absolute atomic E-state index is 0.0286. The molecule has 0 atom stereocenters. The van der Waals surface area contributed by atoms with Gasteiger partial charge >= 0.3 is 0 Å². The second-order valence-electron chi connectivity index (χ2n) is 2.44. The molecular formula is C8H7FN2O2. The zero-order valence-electron chi connectivity index (χ0n) is 6.90. The topological polar surface area (TPSA) is 56.0 Å². The van der Waals surface area contributed by atoms with E-state index in [1.165, 1.54) is 25.1 Å². The first-order valence-corrected chi connectivity index (χ1v) is 3.54. The Bertz CT molecular complexity index is 346. The molecule has 1 aromatic rings. The van der Waals surface area contributed by atoms with E-state index in [9.17, 15) is 14.5 Å². The first-order valence-electron chi connectivity index (χ1n) is 3.54. The third kappa shape index (κ3) is 2.62. The monoisotopic (exact) mass is 182 g/mol. The Hall–Kier alpha value is -1.78. The van der Waals surface area contributed by atoms with Crippen molar-refractivity contribution in [2.45, 2.75) is 6.92 Å². The average molecular weight is 182 g/mol. The van der Waals surface area contributed by atoms with Crippen LogP contribution in [0.3, 0.4) is 0 Å². The van der Waals surface area contributed by atoms with Gasteiger partial charge in [0.1, 0.15) is 5.82 Å². The minimum atomic E-state index is -0.523. The van der Waals surface area contributed by atoms with Gasteiger partial charge in [-0.25, -0.2) is 4.39 Å². The first-order chi connectivity index (χ1) is 6.09. The molecule has 1 heterocycles. The van der Waals surface area contributed by atoms with Crippen LogP contribution in [0.5, 0.6) is 0 Å². The van der Waals surface area contributed by atoms with E-state index in [4.69, 9.17) is 0 Å². The van der Waals surface area contributed by atoms with Crippen LogP contribution in [-0.2, 0) is 0 Å². The summed E-state index contributed by atoms with van der Waals surface area (Å²) in [6, 6.07) is 2.58. The fourth-order valence-corrected chi connectivity index (χ4v) is 0.739. The highest BCUT2D eigenvalue weighted by molar-refractivity contribution is 5.45. The SMILES string of the molecule is C/C(=C/c1ccc(F)cn1)[N+](=O)[O-]. The molecule has 68 valence electrons. The van der Waals surface area contributed by atoms with Crippen molar-refractivity contribution in [3.05, 3.63) is 45.7 Å². The molecule has 0 unspecified atom stereocenters. The Balaban J connectivity index is 2.92. The van der Waals surface area contributed by atoms with E-state index in [-0.39, 0.29) is 5.70 Å². The van der Waals surface area contributed by atoms with E-state index < -0.39 is 10.7 Å². The summed E-state index contributed by atoms with van der Waals surface area (Å²) in [6.45, 7) is 1.35. The number of allylic oxidation sites excluding steroid dienone is 1. The van der Waals surface area contributed by atoms with Crippen molar-refractivity contribution in [1.29, 1.82) is 0 Å². The predicted octanol–water partition coefficient (Wildman–Crippen LogP) is 1.86. The number of hydrogen-bond donors (Lipinski definition) is 0. The number of hydrogen-bond acceptors (Lipinski definition) is 3. The first kappa shape index (κ1) is 9.31. The lowest BCUT2D eigenvalue weighted by Gasteiger charge is -1.92. The van der Waals surface area contributed by atoms with Gasteiger partial charge in [0.25, 0.3) is 0 Å². The third-order valence-electron chi connectivity index (χ3n) is 1.40. The van der Waals surface area contributed by atoms with Crippen molar-refractivity contribution in [3.8, 4) is 0 Å². The third-order valence-corrected chi connectivity index (χ3v) is 1.40. The number of rotatable bonds is 2. The highest BCUT2D eigenvalue weighted by Gasteiger charge is 2.02. The Kier molecular flexibility index (Phi) is 2.69. The van der Waals surface area contributed by atoms with Gasteiger partial charge in [0.2, 0.25) is 5.70 Å². The summed E-state index contributed by atoms with van der Waals surface area (Å²) in [5, 5.41) is 10.2. The van der Waals surface area contributed by atoms with E-state index in [1.807, 2.05) is 0 Å². The van der Waals surface area contributed by atoms with E-state index in [2.05, 4.69) is 4.98 Å². The van der Waals surface area contributed by atoms with Gasteiger partial charge in [-0.3, -0.25) is 15.1 Å². The van der Waals surface area contributed by atoms with Crippen LogP contribution >= 0.6 is 0 Å². The number of halogens is 1. The molecule has 0 aromatic carbocycles. The Morgan fingerprint density at radius 1 is 1.69 bits per heavy atom. The number of pyridine rings is 1. The lowest BCUT2D eigenvalue weighted by atomic mass is 10.3. The zero-order valence-corrected chi connectivity index (χ0v) is 6.90. The number of nitrogens with zero attached hydrogens (tertiary/aromatic N) is 2. The van der Waals surface area contributed by atoms with Crippen LogP contribution in [0.15, 0.2) is 24.0 Å². The lowest BCUT2D eigenvalue weighted by molar-refractivity contribution is -0.422. The number of aromatic nitrogens is 1. The maximum absolute atomic E-state index is 12.4. The molecule has 0 fully saturated rings. The van der Waals surface area contributed by atoms with Crippen LogP contribution in [0.2, 0.25) is 0 Å². The Morgan fingerprint density at radius 2 is 2.38 bits per heavy atom. The summed E-state index contributed by atoms with van der Waals surface area (Å²) in [4.78, 5) is 13.3. The van der Waals surface area contributed by atoms with Gasteiger partial charge in [0.05, 0.1) is 16.8 Å². The van der Waals surface area contributed by atoms with Gasteiger partial charge < -0.3 is 0 Å². The van der Waals surface area contributed by atoms with Crippen molar-refractivity contribution in [2.24, 2.45) is 0 Å². The normalized spacial score (nSPS) is 11.4. The van der Waals surface area contributed by atoms with Crippen LogP contribution in [0.1, 0.15) is 12.6 Å². The van der Waals surface area contributed by atoms with Gasteiger partial charge in [0.15, 0.2) is 0 Å². The second-order valence-corrected chi connectivity index (χ2v) is 2.44. The van der Waals surface area contributed by atoms with Gasteiger partial charge in [0, 0.05) is 13.0 Å². The van der Waals surface area contributed by atoms with Crippen LogP contribution in [0, 0.1) is 15.9 Å². The van der Waals surface area contributed by atoms with Crippen molar-refractivity contribution in [3.63, 3.8) is 0 Å². The highest BCUT2D eigenvalue weighted by Crippen LogP contribution is 2.04. The quantitative estimate of drug-likeness (QED) is 0.518. The summed E-state index contributed by atoms with van der Waals surface area (Å²) in [5.74, 6) is -0.462. The molecule has 0 saturated heterocycles. The van der Waals surface area contributed by atoms with E-state index in [0.29, 0.717) is 5.69 Å². The molecule has 0 radical (unpaired) electrons. The summed E-state index contributed by atoms with van der Waals surface area (Å²) < 4.78 is 12.4. The van der Waals surface area contributed by atoms with Crippen LogP contribution in [0.25, 0.3) is 6.08 Å². The van der Waals surface area contributed by atoms with Crippen molar-refractivity contribution in [1.82, 2.24) is 4.98 Å². The summed E-state index contributed by atoms with van der Waals surface area (Å²) in [5.41, 5.74) is 0.342. The summed E-state index contributed by atoms with van der Waals surface area (Å²) in [7, 11) is 0. The van der Waals surface area contributed by atoms with Gasteiger partial charge in [-0.2, -0.15) is 0 Å². The smallest absolute Gasteiger partial charge is 0.245 e. The molecule has 0 amide bonds. The maximum atomic E-state index is 12.4. The van der Waals surface area contributed by atoms with Crippen molar-refractivity contribution in [2.75, 3.05) is 0 Å². The van der Waals surface area contributed by atoms with Crippen molar-refractivity contribution >= 4 is 6.08 Å².